The third kappa shape index (κ3) is 4.57. The summed E-state index contributed by atoms with van der Waals surface area (Å²) in [7, 11) is 1.65. The zero-order valence-electron chi connectivity index (χ0n) is 18.1. The van der Waals surface area contributed by atoms with Gasteiger partial charge in [0.05, 0.1) is 30.0 Å². The number of amides is 1. The van der Waals surface area contributed by atoms with Gasteiger partial charge in [-0.2, -0.15) is 0 Å². The number of H-pyrrole nitrogens is 1. The van der Waals surface area contributed by atoms with Gasteiger partial charge in [-0.25, -0.2) is 4.98 Å². The molecule has 2 aliphatic carbocycles. The van der Waals surface area contributed by atoms with Crippen LogP contribution in [0, 0.1) is 5.92 Å². The van der Waals surface area contributed by atoms with E-state index < -0.39 is 0 Å². The van der Waals surface area contributed by atoms with Crippen molar-refractivity contribution in [3.05, 3.63) is 56.4 Å². The van der Waals surface area contributed by atoms with Crippen LogP contribution in [0.2, 0.25) is 0 Å². The van der Waals surface area contributed by atoms with Gasteiger partial charge in [0.1, 0.15) is 16.4 Å². The molecule has 3 aromatic rings. The Bertz CT molecular complexity index is 1180. The normalized spacial score (nSPS) is 16.5. The van der Waals surface area contributed by atoms with E-state index >= 15 is 0 Å². The molecule has 8 heteroatoms. The Kier molecular flexibility index (Phi) is 6.24. The maximum absolute atomic E-state index is 12.7. The first kappa shape index (κ1) is 21.5. The van der Waals surface area contributed by atoms with E-state index in [4.69, 9.17) is 9.72 Å². The van der Waals surface area contributed by atoms with Crippen LogP contribution >= 0.6 is 23.1 Å². The number of nitrogens with zero attached hydrogens (tertiary/aromatic N) is 1. The van der Waals surface area contributed by atoms with Crippen molar-refractivity contribution in [2.75, 3.05) is 12.9 Å². The predicted molar refractivity (Wildman–Crippen MR) is 130 cm³/mol. The van der Waals surface area contributed by atoms with E-state index in [0.29, 0.717) is 23.2 Å². The van der Waals surface area contributed by atoms with Crippen LogP contribution in [-0.2, 0) is 23.4 Å². The quantitative estimate of drug-likeness (QED) is 0.512. The molecule has 1 atom stereocenters. The van der Waals surface area contributed by atoms with Crippen molar-refractivity contribution < 1.29 is 9.53 Å². The Hall–Kier alpha value is -2.32. The van der Waals surface area contributed by atoms with E-state index in [1.165, 1.54) is 28.6 Å². The van der Waals surface area contributed by atoms with Crippen LogP contribution in [0.15, 0.2) is 29.1 Å². The largest absolute Gasteiger partial charge is 0.497 e. The van der Waals surface area contributed by atoms with E-state index in [1.54, 1.807) is 18.4 Å². The fourth-order valence-corrected chi connectivity index (χ4v) is 6.43. The summed E-state index contributed by atoms with van der Waals surface area (Å²) >= 11 is 3.14. The number of aryl methyl sites for hydroxylation is 2. The SMILES string of the molecule is COc1ccc(C(NC(=O)CSCc2nc3sc4c(c3c(=O)[nH]2)CCCC4)C2CC2)cc1. The molecule has 0 aliphatic heterocycles. The highest BCUT2D eigenvalue weighted by Gasteiger charge is 2.33. The first-order chi connectivity index (χ1) is 15.6. The first-order valence-corrected chi connectivity index (χ1v) is 13.1. The number of hydrogen-bond acceptors (Lipinski definition) is 6. The van der Waals surface area contributed by atoms with Gasteiger partial charge in [-0.05, 0) is 67.7 Å². The first-order valence-electron chi connectivity index (χ1n) is 11.2. The summed E-state index contributed by atoms with van der Waals surface area (Å²) in [5.74, 6) is 2.82. The molecule has 0 saturated heterocycles. The van der Waals surface area contributed by atoms with Crippen molar-refractivity contribution in [1.82, 2.24) is 15.3 Å². The molecular weight excluding hydrogens is 442 g/mol. The molecule has 5 rings (SSSR count). The number of fused-ring (bicyclic) bond motifs is 3. The van der Waals surface area contributed by atoms with Crippen LogP contribution < -0.4 is 15.6 Å². The number of ether oxygens (including phenoxy) is 1. The molecule has 168 valence electrons. The van der Waals surface area contributed by atoms with Gasteiger partial charge in [0, 0.05) is 4.88 Å². The maximum atomic E-state index is 12.7. The molecule has 32 heavy (non-hydrogen) atoms. The Morgan fingerprint density at radius 1 is 1.28 bits per heavy atom. The van der Waals surface area contributed by atoms with Crippen molar-refractivity contribution in [2.45, 2.75) is 50.3 Å². The highest BCUT2D eigenvalue weighted by Crippen LogP contribution is 2.41. The molecular formula is C24H27N3O3S2. The third-order valence-corrected chi connectivity index (χ3v) is 8.36. The smallest absolute Gasteiger partial charge is 0.259 e. The molecule has 1 aromatic carbocycles. The number of rotatable bonds is 8. The number of aromatic nitrogens is 2. The molecule has 6 nitrogen and oxygen atoms in total. The predicted octanol–water partition coefficient (Wildman–Crippen LogP) is 4.37. The van der Waals surface area contributed by atoms with Gasteiger partial charge in [0.15, 0.2) is 0 Å². The molecule has 1 fully saturated rings. The fourth-order valence-electron chi connectivity index (χ4n) is 4.45. The van der Waals surface area contributed by atoms with Crippen molar-refractivity contribution in [3.63, 3.8) is 0 Å². The molecule has 1 saturated carbocycles. The number of benzene rings is 1. The minimum atomic E-state index is -0.0391. The Morgan fingerprint density at radius 3 is 2.81 bits per heavy atom. The molecule has 0 spiro atoms. The van der Waals surface area contributed by atoms with Crippen molar-refractivity contribution in [2.24, 2.45) is 5.92 Å². The summed E-state index contributed by atoms with van der Waals surface area (Å²) in [5, 5.41) is 3.98. The molecule has 1 unspecified atom stereocenters. The number of aromatic amines is 1. The highest BCUT2D eigenvalue weighted by atomic mass is 32.2. The van der Waals surface area contributed by atoms with Gasteiger partial charge in [-0.1, -0.05) is 12.1 Å². The lowest BCUT2D eigenvalue weighted by molar-refractivity contribution is -0.119. The number of carbonyl (C=O) groups is 1. The zero-order chi connectivity index (χ0) is 22.1. The average molecular weight is 470 g/mol. The number of nitrogens with one attached hydrogen (secondary N) is 2. The molecule has 1 amide bonds. The lowest BCUT2D eigenvalue weighted by atomic mass is 9.97. The second kappa shape index (κ2) is 9.27. The van der Waals surface area contributed by atoms with Gasteiger partial charge >= 0.3 is 0 Å². The Labute approximate surface area is 195 Å². The minimum absolute atomic E-state index is 0.0118. The summed E-state index contributed by atoms with van der Waals surface area (Å²) in [6, 6.07) is 7.97. The summed E-state index contributed by atoms with van der Waals surface area (Å²) in [6.07, 6.45) is 6.64. The van der Waals surface area contributed by atoms with E-state index in [9.17, 15) is 9.59 Å². The molecule has 0 bridgehead atoms. The second-order valence-electron chi connectivity index (χ2n) is 8.55. The second-order valence-corrected chi connectivity index (χ2v) is 10.6. The lowest BCUT2D eigenvalue weighted by Gasteiger charge is -2.19. The molecule has 2 aromatic heterocycles. The lowest BCUT2D eigenvalue weighted by Crippen LogP contribution is -2.31. The van der Waals surface area contributed by atoms with Crippen LogP contribution in [0.3, 0.4) is 0 Å². The Morgan fingerprint density at radius 2 is 2.06 bits per heavy atom. The van der Waals surface area contributed by atoms with Gasteiger partial charge < -0.3 is 15.0 Å². The standard InChI is InChI=1S/C24H27N3O3S2/c1-30-16-10-8-15(9-11-16)22(14-6-7-14)27-20(28)13-31-12-19-25-23(29)21-17-4-2-3-5-18(17)32-24(21)26-19/h8-11,14,22H,2-7,12-13H2,1H3,(H,27,28)(H,25,26,29). The number of methoxy groups -OCH3 is 1. The fraction of sp³-hybridized carbons (Fsp3) is 0.458. The summed E-state index contributed by atoms with van der Waals surface area (Å²) in [6.45, 7) is 0. The van der Waals surface area contributed by atoms with E-state index in [2.05, 4.69) is 10.3 Å². The van der Waals surface area contributed by atoms with E-state index in [-0.39, 0.29) is 17.5 Å². The third-order valence-electron chi connectivity index (χ3n) is 6.23. The van der Waals surface area contributed by atoms with Crippen LogP contribution in [0.25, 0.3) is 10.2 Å². The summed E-state index contributed by atoms with van der Waals surface area (Å²) < 4.78 is 5.24. The maximum Gasteiger partial charge on any atom is 0.259 e. The van der Waals surface area contributed by atoms with Gasteiger partial charge in [-0.3, -0.25) is 9.59 Å². The van der Waals surface area contributed by atoms with Gasteiger partial charge in [-0.15, -0.1) is 23.1 Å². The van der Waals surface area contributed by atoms with Crippen LogP contribution in [0.5, 0.6) is 5.75 Å². The molecule has 2 heterocycles. The van der Waals surface area contributed by atoms with E-state index in [1.807, 2.05) is 24.3 Å². The Balaban J connectivity index is 1.20. The van der Waals surface area contributed by atoms with Gasteiger partial charge in [0.2, 0.25) is 5.91 Å². The van der Waals surface area contributed by atoms with E-state index in [0.717, 1.165) is 53.6 Å². The number of thioether (sulfide) groups is 1. The van der Waals surface area contributed by atoms with Crippen LogP contribution in [-0.4, -0.2) is 28.7 Å². The summed E-state index contributed by atoms with van der Waals surface area (Å²) in [5.41, 5.74) is 2.28. The van der Waals surface area contributed by atoms with Gasteiger partial charge in [0.25, 0.3) is 5.56 Å². The molecule has 2 aliphatic rings. The zero-order valence-corrected chi connectivity index (χ0v) is 19.7. The molecule has 0 radical (unpaired) electrons. The number of thiophene rings is 1. The van der Waals surface area contributed by atoms with Crippen molar-refractivity contribution >= 4 is 39.2 Å². The van der Waals surface area contributed by atoms with Crippen LogP contribution in [0.4, 0.5) is 0 Å². The van der Waals surface area contributed by atoms with Crippen LogP contribution in [0.1, 0.15) is 53.6 Å². The summed E-state index contributed by atoms with van der Waals surface area (Å²) in [4.78, 5) is 35.1. The number of carbonyl (C=O) groups excluding carboxylic acids is 1. The van der Waals surface area contributed by atoms with Crippen molar-refractivity contribution in [3.8, 4) is 5.75 Å². The highest BCUT2D eigenvalue weighted by molar-refractivity contribution is 7.99. The van der Waals surface area contributed by atoms with Crippen molar-refractivity contribution in [1.29, 1.82) is 0 Å². The monoisotopic (exact) mass is 469 g/mol. The number of hydrogen-bond donors (Lipinski definition) is 2. The minimum Gasteiger partial charge on any atom is -0.497 e. The molecule has 2 N–H and O–H groups in total. The topological polar surface area (TPSA) is 84.1 Å². The average Bonchev–Trinajstić information content (AvgIpc) is 3.57.